The van der Waals surface area contributed by atoms with Crippen LogP contribution < -0.4 is 5.56 Å². The quantitative estimate of drug-likeness (QED) is 0.881. The second kappa shape index (κ2) is 5.47. The van der Waals surface area contributed by atoms with Crippen molar-refractivity contribution < 1.29 is 0 Å². The molecule has 1 fully saturated rings. The third kappa shape index (κ3) is 3.67. The summed E-state index contributed by atoms with van der Waals surface area (Å²) in [6.45, 7) is 14.0. The Balaban J connectivity index is 1.96. The van der Waals surface area contributed by atoms with E-state index in [9.17, 15) is 4.79 Å². The monoisotopic (exact) mass is 263 g/mol. The molecule has 0 aromatic carbocycles. The lowest BCUT2D eigenvalue weighted by Gasteiger charge is -2.42. The molecular weight excluding hydrogens is 238 g/mol. The number of piperazine rings is 1. The van der Waals surface area contributed by atoms with Gasteiger partial charge in [0.2, 0.25) is 5.56 Å². The van der Waals surface area contributed by atoms with Crippen molar-refractivity contribution in [3.05, 3.63) is 33.7 Å². The zero-order valence-electron chi connectivity index (χ0n) is 12.5. The minimum absolute atomic E-state index is 0.00562. The van der Waals surface area contributed by atoms with Gasteiger partial charge in [-0.3, -0.25) is 14.6 Å². The Labute approximate surface area is 115 Å². The Morgan fingerprint density at radius 1 is 1.16 bits per heavy atom. The summed E-state index contributed by atoms with van der Waals surface area (Å²) in [4.78, 5) is 19.3. The molecule has 1 aromatic rings. The van der Waals surface area contributed by atoms with Crippen LogP contribution in [0.2, 0.25) is 0 Å². The van der Waals surface area contributed by atoms with E-state index in [2.05, 4.69) is 42.5 Å². The number of aromatic amines is 1. The molecule has 106 valence electrons. The van der Waals surface area contributed by atoms with Gasteiger partial charge in [0.15, 0.2) is 0 Å². The first-order chi connectivity index (χ1) is 8.86. The van der Waals surface area contributed by atoms with E-state index in [-0.39, 0.29) is 11.1 Å². The van der Waals surface area contributed by atoms with Crippen LogP contribution in [-0.2, 0) is 6.54 Å². The van der Waals surface area contributed by atoms with Crippen molar-refractivity contribution in [2.24, 2.45) is 0 Å². The van der Waals surface area contributed by atoms with E-state index in [4.69, 9.17) is 0 Å². The number of aromatic nitrogens is 1. The van der Waals surface area contributed by atoms with Crippen LogP contribution in [0, 0.1) is 6.92 Å². The van der Waals surface area contributed by atoms with Gasteiger partial charge in [0.25, 0.3) is 0 Å². The predicted molar refractivity (Wildman–Crippen MR) is 78.4 cm³/mol. The summed E-state index contributed by atoms with van der Waals surface area (Å²) in [6, 6.07) is 3.50. The van der Waals surface area contributed by atoms with Gasteiger partial charge in [0, 0.05) is 50.0 Å². The van der Waals surface area contributed by atoms with Gasteiger partial charge in [-0.2, -0.15) is 0 Å². The molecule has 0 bridgehead atoms. The van der Waals surface area contributed by atoms with Gasteiger partial charge < -0.3 is 4.98 Å². The molecule has 1 N–H and O–H groups in total. The Morgan fingerprint density at radius 2 is 1.79 bits per heavy atom. The van der Waals surface area contributed by atoms with Gasteiger partial charge in [-0.15, -0.1) is 0 Å². The molecule has 0 radical (unpaired) electrons. The molecule has 0 saturated carbocycles. The zero-order valence-corrected chi connectivity index (χ0v) is 12.5. The molecule has 19 heavy (non-hydrogen) atoms. The highest BCUT2D eigenvalue weighted by Gasteiger charge is 2.25. The van der Waals surface area contributed by atoms with Crippen LogP contribution in [0.4, 0.5) is 0 Å². The van der Waals surface area contributed by atoms with Gasteiger partial charge in [0.1, 0.15) is 0 Å². The lowest BCUT2D eigenvalue weighted by atomic mass is 10.0. The van der Waals surface area contributed by atoms with Crippen LogP contribution >= 0.6 is 0 Å². The third-order valence-electron chi connectivity index (χ3n) is 3.94. The number of pyridine rings is 1. The maximum Gasteiger partial charge on any atom is 0.248 e. The van der Waals surface area contributed by atoms with Gasteiger partial charge in [-0.25, -0.2) is 0 Å². The Bertz CT molecular complexity index is 479. The predicted octanol–water partition coefficient (Wildman–Crippen LogP) is 1.60. The van der Waals surface area contributed by atoms with Gasteiger partial charge in [0.05, 0.1) is 0 Å². The Kier molecular flexibility index (Phi) is 4.11. The summed E-state index contributed by atoms with van der Waals surface area (Å²) in [5, 5.41) is 0. The average Bonchev–Trinajstić information content (AvgIpc) is 2.33. The molecule has 0 amide bonds. The van der Waals surface area contributed by atoms with Gasteiger partial charge in [-0.1, -0.05) is 6.07 Å². The van der Waals surface area contributed by atoms with Crippen molar-refractivity contribution in [2.75, 3.05) is 26.2 Å². The second-order valence-corrected chi connectivity index (χ2v) is 6.42. The van der Waals surface area contributed by atoms with Crippen molar-refractivity contribution in [2.45, 2.75) is 39.8 Å². The molecule has 1 aromatic heterocycles. The Morgan fingerprint density at radius 3 is 2.37 bits per heavy atom. The molecule has 0 atom stereocenters. The Hall–Kier alpha value is -1.13. The first-order valence-corrected chi connectivity index (χ1v) is 7.02. The SMILES string of the molecule is Cc1ccc(=O)[nH]c1CN1CCN(C(C)(C)C)CC1. The van der Waals surface area contributed by atoms with Crippen molar-refractivity contribution in [3.63, 3.8) is 0 Å². The number of H-pyrrole nitrogens is 1. The lowest BCUT2D eigenvalue weighted by Crippen LogP contribution is -2.53. The fraction of sp³-hybridized carbons (Fsp3) is 0.667. The fourth-order valence-corrected chi connectivity index (χ4v) is 2.55. The lowest BCUT2D eigenvalue weighted by molar-refractivity contribution is 0.0585. The van der Waals surface area contributed by atoms with Crippen LogP contribution in [0.3, 0.4) is 0 Å². The van der Waals surface area contributed by atoms with E-state index in [1.54, 1.807) is 6.07 Å². The molecule has 2 rings (SSSR count). The topological polar surface area (TPSA) is 39.3 Å². The van der Waals surface area contributed by atoms with Crippen LogP contribution in [-0.4, -0.2) is 46.5 Å². The molecule has 4 heteroatoms. The van der Waals surface area contributed by atoms with E-state index in [1.807, 2.05) is 6.07 Å². The van der Waals surface area contributed by atoms with Crippen LogP contribution in [0.15, 0.2) is 16.9 Å². The van der Waals surface area contributed by atoms with E-state index in [0.29, 0.717) is 0 Å². The first-order valence-electron chi connectivity index (χ1n) is 7.02. The molecule has 0 spiro atoms. The molecule has 2 heterocycles. The van der Waals surface area contributed by atoms with E-state index in [1.165, 1.54) is 0 Å². The highest BCUT2D eigenvalue weighted by molar-refractivity contribution is 5.17. The zero-order chi connectivity index (χ0) is 14.0. The van der Waals surface area contributed by atoms with E-state index >= 15 is 0 Å². The first kappa shape index (κ1) is 14.3. The number of hydrogen-bond acceptors (Lipinski definition) is 3. The largest absolute Gasteiger partial charge is 0.325 e. The third-order valence-corrected chi connectivity index (χ3v) is 3.94. The highest BCUT2D eigenvalue weighted by atomic mass is 16.1. The van der Waals surface area contributed by atoms with E-state index in [0.717, 1.165) is 44.0 Å². The van der Waals surface area contributed by atoms with E-state index < -0.39 is 0 Å². The maximum absolute atomic E-state index is 11.4. The average molecular weight is 263 g/mol. The molecule has 1 saturated heterocycles. The summed E-state index contributed by atoms with van der Waals surface area (Å²) in [5.74, 6) is 0. The molecule has 0 aliphatic carbocycles. The van der Waals surface area contributed by atoms with Crippen LogP contribution in [0.1, 0.15) is 32.0 Å². The molecule has 1 aliphatic rings. The summed E-state index contributed by atoms with van der Waals surface area (Å²) in [5.41, 5.74) is 2.46. The van der Waals surface area contributed by atoms with Crippen molar-refractivity contribution >= 4 is 0 Å². The second-order valence-electron chi connectivity index (χ2n) is 6.42. The van der Waals surface area contributed by atoms with Crippen molar-refractivity contribution in [1.29, 1.82) is 0 Å². The van der Waals surface area contributed by atoms with Gasteiger partial charge in [-0.05, 0) is 33.3 Å². The number of aryl methyl sites for hydroxylation is 1. The smallest absolute Gasteiger partial charge is 0.248 e. The summed E-state index contributed by atoms with van der Waals surface area (Å²) in [7, 11) is 0. The van der Waals surface area contributed by atoms with Crippen molar-refractivity contribution in [1.82, 2.24) is 14.8 Å². The summed E-state index contributed by atoms with van der Waals surface area (Å²) < 4.78 is 0. The number of rotatable bonds is 2. The minimum Gasteiger partial charge on any atom is -0.325 e. The molecule has 0 unspecified atom stereocenters. The van der Waals surface area contributed by atoms with Crippen molar-refractivity contribution in [3.8, 4) is 0 Å². The standard InChI is InChI=1S/C15H25N3O/c1-12-5-6-14(19)16-13(12)11-17-7-9-18(10-8-17)15(2,3)4/h5-6H,7-11H2,1-4H3,(H,16,19). The van der Waals surface area contributed by atoms with Crippen LogP contribution in [0.5, 0.6) is 0 Å². The fourth-order valence-electron chi connectivity index (χ4n) is 2.55. The summed E-state index contributed by atoms with van der Waals surface area (Å²) in [6.07, 6.45) is 0. The number of hydrogen-bond donors (Lipinski definition) is 1. The summed E-state index contributed by atoms with van der Waals surface area (Å²) >= 11 is 0. The van der Waals surface area contributed by atoms with Crippen LogP contribution in [0.25, 0.3) is 0 Å². The van der Waals surface area contributed by atoms with Gasteiger partial charge >= 0.3 is 0 Å². The normalized spacial score (nSPS) is 18.7. The molecule has 4 nitrogen and oxygen atoms in total. The molecule has 1 aliphatic heterocycles. The number of nitrogens with zero attached hydrogens (tertiary/aromatic N) is 2. The number of nitrogens with one attached hydrogen (secondary N) is 1. The highest BCUT2D eigenvalue weighted by Crippen LogP contribution is 2.17. The molecular formula is C15H25N3O. The maximum atomic E-state index is 11.4. The minimum atomic E-state index is -0.00562.